The van der Waals surface area contributed by atoms with Crippen LogP contribution >= 0.6 is 28.1 Å². The Kier molecular flexibility index (Phi) is 13.7. The number of hydrazine groups is 1. The summed E-state index contributed by atoms with van der Waals surface area (Å²) in [6.07, 6.45) is -0.310. The fourth-order valence-electron chi connectivity index (χ4n) is 6.00. The van der Waals surface area contributed by atoms with Gasteiger partial charge in [0.1, 0.15) is 23.7 Å². The zero-order valence-corrected chi connectivity index (χ0v) is 33.1. The Labute approximate surface area is 331 Å². The van der Waals surface area contributed by atoms with E-state index in [0.717, 1.165) is 28.9 Å². The van der Waals surface area contributed by atoms with Crippen LogP contribution in [0.25, 0.3) is 11.3 Å². The van der Waals surface area contributed by atoms with Gasteiger partial charge in [0.2, 0.25) is 11.8 Å². The van der Waals surface area contributed by atoms with Gasteiger partial charge in [0.15, 0.2) is 5.78 Å². The van der Waals surface area contributed by atoms with Gasteiger partial charge in [-0.05, 0) is 38.1 Å². The molecule has 0 spiro atoms. The van der Waals surface area contributed by atoms with Crippen LogP contribution < -0.4 is 41.2 Å². The second-order valence-corrected chi connectivity index (χ2v) is 14.6. The molecule has 3 aromatic rings. The normalized spacial score (nSPS) is 19.5. The molecule has 17 nitrogen and oxygen atoms in total. The number of carbonyl (C=O) groups is 5. The van der Waals surface area contributed by atoms with E-state index in [-0.39, 0.29) is 35.1 Å². The van der Waals surface area contributed by atoms with Crippen LogP contribution in [-0.2, 0) is 25.5 Å². The van der Waals surface area contributed by atoms with E-state index in [9.17, 15) is 24.0 Å². The van der Waals surface area contributed by atoms with Crippen LogP contribution in [0.4, 0.5) is 21.0 Å². The van der Waals surface area contributed by atoms with Crippen molar-refractivity contribution in [2.24, 2.45) is 5.84 Å². The standard InChI is InChI=1S/C18H20N4O4.C16H17BrN2O5.C2H6N2S/c1-10-14-5-6-25-16-7-12(3-4-15(16)17(14)21-20-10)22-9-13(26-18(22)24)8-19-11(2)23;1-9(20)18-7-11-8-19(16(22)24-11)10-2-3-12-14(6-10)23-5-4-13(17)15(12)21;1-2(5)4-3/h3-4,7,13H,5-6,8-9H2,1-2H3,(H,19,23)(H,20,21);2-3,6,11,13H,4-5,7-8H2,1H3,(H,18,20);3H2,1H3,(H,4,5)/t13-;11-,13?;/m00./s1. The minimum absolute atomic E-state index is 0.0263. The van der Waals surface area contributed by atoms with Crippen molar-refractivity contribution < 1.29 is 42.9 Å². The molecule has 4 aliphatic rings. The number of amides is 4. The summed E-state index contributed by atoms with van der Waals surface area (Å²) in [5.74, 6) is 5.60. The molecule has 5 heterocycles. The second-order valence-electron chi connectivity index (χ2n) is 12.9. The van der Waals surface area contributed by atoms with E-state index in [1.54, 1.807) is 30.0 Å². The topological polar surface area (TPSA) is 220 Å². The monoisotopic (exact) mass is 842 g/mol. The molecule has 3 atom stereocenters. The van der Waals surface area contributed by atoms with Crippen LogP contribution in [0, 0.1) is 6.92 Å². The summed E-state index contributed by atoms with van der Waals surface area (Å²) in [7, 11) is 0. The van der Waals surface area contributed by atoms with Gasteiger partial charge in [0, 0.05) is 55.6 Å². The molecule has 0 saturated carbocycles. The number of halogens is 1. The minimum Gasteiger partial charge on any atom is -0.493 e. The zero-order chi connectivity index (χ0) is 39.8. The van der Waals surface area contributed by atoms with Gasteiger partial charge in [-0.15, -0.1) is 0 Å². The number of hydrogen-bond acceptors (Lipinski definition) is 12. The minimum atomic E-state index is -0.483. The third-order valence-corrected chi connectivity index (χ3v) is 9.77. The number of ketones is 1. The van der Waals surface area contributed by atoms with E-state index < -0.39 is 18.3 Å². The summed E-state index contributed by atoms with van der Waals surface area (Å²) in [4.78, 5) is 61.9. The van der Waals surface area contributed by atoms with E-state index >= 15 is 0 Å². The van der Waals surface area contributed by atoms with Crippen molar-refractivity contribution in [2.75, 3.05) is 49.2 Å². The molecule has 294 valence electrons. The molecule has 7 rings (SSSR count). The highest BCUT2D eigenvalue weighted by Crippen LogP contribution is 2.38. The maximum Gasteiger partial charge on any atom is 0.414 e. The SMILES string of the molecule is CC(=O)NC[C@H]1CN(c2ccc3c(c2)OCCC(Br)C3=O)C(=O)O1.CC(=O)NC[C@H]1CN(c2ccc3c(c2)OCCc2c-3n[nH]c2C)C(=O)O1.CC(=S)NN. The molecular weight excluding hydrogens is 800 g/mol. The van der Waals surface area contributed by atoms with Gasteiger partial charge in [0.25, 0.3) is 0 Å². The lowest BCUT2D eigenvalue weighted by Gasteiger charge is -2.16. The Morgan fingerprint density at radius 3 is 1.93 bits per heavy atom. The third-order valence-electron chi connectivity index (χ3n) is 8.78. The highest BCUT2D eigenvalue weighted by Gasteiger charge is 2.35. The number of alkyl halides is 1. The molecule has 19 heteroatoms. The fourth-order valence-corrected chi connectivity index (χ4v) is 6.44. The Bertz CT molecular complexity index is 1960. The number of H-pyrrole nitrogens is 1. The quantitative estimate of drug-likeness (QED) is 0.104. The number of hydrogen-bond donors (Lipinski definition) is 5. The number of fused-ring (bicyclic) bond motifs is 4. The van der Waals surface area contributed by atoms with Crippen LogP contribution in [0.3, 0.4) is 0 Å². The number of Topliss-reactive ketones (excluding diaryl/α,β-unsaturated/α-hetero) is 1. The number of nitrogens with two attached hydrogens (primary N) is 1. The second kappa shape index (κ2) is 18.4. The van der Waals surface area contributed by atoms with Crippen molar-refractivity contribution in [3.63, 3.8) is 0 Å². The number of aromatic nitrogens is 2. The molecule has 0 aliphatic carbocycles. The van der Waals surface area contributed by atoms with Gasteiger partial charge >= 0.3 is 12.2 Å². The first-order valence-electron chi connectivity index (χ1n) is 17.4. The molecule has 6 N–H and O–H groups in total. The number of aryl methyl sites for hydroxylation is 1. The van der Waals surface area contributed by atoms with E-state index in [0.29, 0.717) is 72.7 Å². The first kappa shape index (κ1) is 40.9. The Morgan fingerprint density at radius 2 is 1.40 bits per heavy atom. The first-order valence-corrected chi connectivity index (χ1v) is 18.8. The molecule has 2 saturated heterocycles. The van der Waals surface area contributed by atoms with E-state index in [4.69, 9.17) is 24.8 Å². The maximum absolute atomic E-state index is 12.3. The lowest BCUT2D eigenvalue weighted by Crippen LogP contribution is -2.33. The summed E-state index contributed by atoms with van der Waals surface area (Å²) in [6, 6.07) is 10.7. The third kappa shape index (κ3) is 10.3. The van der Waals surface area contributed by atoms with Gasteiger partial charge in [0.05, 0.1) is 71.8 Å². The fraction of sp³-hybridized carbons (Fsp3) is 0.417. The molecule has 1 aromatic heterocycles. The van der Waals surface area contributed by atoms with Crippen LogP contribution in [0.5, 0.6) is 11.5 Å². The molecule has 0 radical (unpaired) electrons. The molecule has 0 bridgehead atoms. The number of nitrogens with one attached hydrogen (secondary N) is 4. The first-order chi connectivity index (χ1) is 26.2. The average Bonchev–Trinajstić information content (AvgIpc) is 3.77. The van der Waals surface area contributed by atoms with Gasteiger partial charge in [-0.25, -0.2) is 9.59 Å². The van der Waals surface area contributed by atoms with E-state index in [1.807, 2.05) is 25.1 Å². The lowest BCUT2D eigenvalue weighted by atomic mass is 10.0. The van der Waals surface area contributed by atoms with Crippen LogP contribution in [-0.4, -0.2) is 101 Å². The molecule has 2 fully saturated rings. The molecular formula is C36H43BrN8O9S. The van der Waals surface area contributed by atoms with Gasteiger partial charge in [-0.1, -0.05) is 28.1 Å². The van der Waals surface area contributed by atoms with Gasteiger partial charge < -0.3 is 35.0 Å². The van der Waals surface area contributed by atoms with Crippen molar-refractivity contribution in [3.8, 4) is 22.8 Å². The van der Waals surface area contributed by atoms with E-state index in [2.05, 4.69) is 54.4 Å². The maximum atomic E-state index is 12.3. The number of anilines is 2. The summed E-state index contributed by atoms with van der Waals surface area (Å²) < 4.78 is 22.1. The van der Waals surface area contributed by atoms with Crippen LogP contribution in [0.2, 0.25) is 0 Å². The number of benzene rings is 2. The lowest BCUT2D eigenvalue weighted by molar-refractivity contribution is -0.120. The number of aromatic amines is 1. The average molecular weight is 844 g/mol. The van der Waals surface area contributed by atoms with E-state index in [1.165, 1.54) is 18.7 Å². The van der Waals surface area contributed by atoms with Crippen molar-refractivity contribution >= 4 is 74.3 Å². The predicted molar refractivity (Wildman–Crippen MR) is 210 cm³/mol. The zero-order valence-electron chi connectivity index (χ0n) is 30.7. The highest BCUT2D eigenvalue weighted by molar-refractivity contribution is 9.10. The highest BCUT2D eigenvalue weighted by atomic mass is 79.9. The molecule has 2 aromatic carbocycles. The number of thiocarbonyl (C=S) groups is 1. The van der Waals surface area contributed by atoms with Gasteiger partial charge in [-0.2, -0.15) is 5.10 Å². The van der Waals surface area contributed by atoms with Gasteiger partial charge in [-0.3, -0.25) is 35.1 Å². The molecule has 55 heavy (non-hydrogen) atoms. The number of cyclic esters (lactones) is 2. The summed E-state index contributed by atoms with van der Waals surface area (Å²) in [6.45, 7) is 8.81. The van der Waals surface area contributed by atoms with Crippen molar-refractivity contribution in [3.05, 3.63) is 53.2 Å². The number of nitrogens with zero attached hydrogens (tertiary/aromatic N) is 3. The largest absolute Gasteiger partial charge is 0.493 e. The number of carbonyl (C=O) groups excluding carboxylic acids is 5. The Balaban J connectivity index is 0.000000189. The summed E-state index contributed by atoms with van der Waals surface area (Å²) >= 11 is 7.82. The number of rotatable bonds is 6. The van der Waals surface area contributed by atoms with Crippen molar-refractivity contribution in [2.45, 2.75) is 57.6 Å². The van der Waals surface area contributed by atoms with Crippen molar-refractivity contribution in [1.29, 1.82) is 0 Å². The molecule has 4 amide bonds. The van der Waals surface area contributed by atoms with Crippen LogP contribution in [0.1, 0.15) is 48.8 Å². The Morgan fingerprint density at radius 1 is 0.891 bits per heavy atom. The van der Waals surface area contributed by atoms with Crippen molar-refractivity contribution in [1.82, 2.24) is 26.3 Å². The van der Waals surface area contributed by atoms with Crippen LogP contribution in [0.15, 0.2) is 36.4 Å². The summed E-state index contributed by atoms with van der Waals surface area (Å²) in [5, 5.41) is 12.7. The summed E-state index contributed by atoms with van der Waals surface area (Å²) in [5.41, 5.74) is 8.08. The molecule has 4 aliphatic heterocycles. The Hall–Kier alpha value is -5.27. The predicted octanol–water partition coefficient (Wildman–Crippen LogP) is 3.45. The molecule has 1 unspecified atom stereocenters. The smallest absolute Gasteiger partial charge is 0.414 e. The number of ether oxygens (including phenoxy) is 4.